The Morgan fingerprint density at radius 2 is 2.29 bits per heavy atom. The Labute approximate surface area is 116 Å². The molecule has 0 radical (unpaired) electrons. The van der Waals surface area contributed by atoms with E-state index in [4.69, 9.17) is 11.6 Å². The molecule has 0 fully saturated rings. The largest absolute Gasteiger partial charge is 0.327 e. The highest BCUT2D eigenvalue weighted by Gasteiger charge is 2.11. The van der Waals surface area contributed by atoms with Crippen LogP contribution in [0.5, 0.6) is 0 Å². The van der Waals surface area contributed by atoms with Crippen molar-refractivity contribution in [1.82, 2.24) is 20.0 Å². The van der Waals surface area contributed by atoms with Crippen LogP contribution in [-0.4, -0.2) is 25.8 Å². The van der Waals surface area contributed by atoms with Crippen molar-refractivity contribution in [2.75, 3.05) is 3.53 Å². The molecule has 17 heavy (non-hydrogen) atoms. The van der Waals surface area contributed by atoms with E-state index in [1.165, 1.54) is 17.9 Å². The summed E-state index contributed by atoms with van der Waals surface area (Å²) >= 11 is 8.02. The van der Waals surface area contributed by atoms with E-state index in [9.17, 15) is 4.79 Å². The molecule has 0 bridgehead atoms. The first-order valence-electron chi connectivity index (χ1n) is 4.57. The molecule has 88 valence electrons. The molecule has 0 aliphatic heterocycles. The fraction of sp³-hybridized carbons (Fsp3) is 0.111. The SMILES string of the molecule is CC(=O)c1cnn(-c2ncc(NI)cc2Cl)n1. The fourth-order valence-corrected chi connectivity index (χ4v) is 1.69. The van der Waals surface area contributed by atoms with Gasteiger partial charge >= 0.3 is 0 Å². The van der Waals surface area contributed by atoms with Crippen molar-refractivity contribution in [3.63, 3.8) is 0 Å². The van der Waals surface area contributed by atoms with Gasteiger partial charge in [0.1, 0.15) is 5.69 Å². The van der Waals surface area contributed by atoms with Crippen LogP contribution in [0.15, 0.2) is 18.5 Å². The summed E-state index contributed by atoms with van der Waals surface area (Å²) in [4.78, 5) is 16.4. The minimum Gasteiger partial charge on any atom is -0.327 e. The van der Waals surface area contributed by atoms with Crippen molar-refractivity contribution in [3.8, 4) is 5.82 Å². The number of anilines is 1. The summed E-state index contributed by atoms with van der Waals surface area (Å²) < 4.78 is 2.89. The molecular weight excluding hydrogens is 356 g/mol. The van der Waals surface area contributed by atoms with E-state index in [-0.39, 0.29) is 11.5 Å². The minimum atomic E-state index is -0.155. The summed E-state index contributed by atoms with van der Waals surface area (Å²) in [5, 5.41) is 8.32. The zero-order chi connectivity index (χ0) is 12.4. The van der Waals surface area contributed by atoms with Gasteiger partial charge in [-0.2, -0.15) is 5.10 Å². The maximum absolute atomic E-state index is 11.1. The van der Waals surface area contributed by atoms with Crippen molar-refractivity contribution in [3.05, 3.63) is 29.2 Å². The van der Waals surface area contributed by atoms with Crippen LogP contribution in [0.3, 0.4) is 0 Å². The predicted molar refractivity (Wildman–Crippen MR) is 71.8 cm³/mol. The van der Waals surface area contributed by atoms with E-state index in [1.807, 2.05) is 22.9 Å². The Bertz CT molecular complexity index is 570. The lowest BCUT2D eigenvalue weighted by molar-refractivity contribution is 0.101. The summed E-state index contributed by atoms with van der Waals surface area (Å²) in [7, 11) is 0. The number of Topliss-reactive ketones (excluding diaryl/α,β-unsaturated/α-hetero) is 1. The molecule has 0 aliphatic rings. The van der Waals surface area contributed by atoms with Gasteiger partial charge in [0.15, 0.2) is 11.6 Å². The van der Waals surface area contributed by atoms with Gasteiger partial charge in [0.05, 0.1) is 46.0 Å². The number of rotatable bonds is 3. The van der Waals surface area contributed by atoms with Crippen molar-refractivity contribution < 1.29 is 4.79 Å². The molecule has 0 saturated carbocycles. The number of carbonyl (C=O) groups is 1. The predicted octanol–water partition coefficient (Wildman–Crippen LogP) is 2.28. The van der Waals surface area contributed by atoms with Crippen LogP contribution in [0.1, 0.15) is 17.4 Å². The first kappa shape index (κ1) is 12.2. The third kappa shape index (κ3) is 2.55. The lowest BCUT2D eigenvalue weighted by atomic mass is 10.3. The Balaban J connectivity index is 2.42. The Kier molecular flexibility index (Phi) is 3.57. The summed E-state index contributed by atoms with van der Waals surface area (Å²) in [5.74, 6) is 0.229. The average molecular weight is 364 g/mol. The molecule has 0 aliphatic carbocycles. The number of carbonyl (C=O) groups excluding carboxylic acids is 1. The van der Waals surface area contributed by atoms with Crippen molar-refractivity contribution in [2.24, 2.45) is 0 Å². The van der Waals surface area contributed by atoms with Crippen LogP contribution >= 0.6 is 34.5 Å². The maximum atomic E-state index is 11.1. The van der Waals surface area contributed by atoms with Gasteiger partial charge in [0.25, 0.3) is 0 Å². The number of pyridine rings is 1. The van der Waals surface area contributed by atoms with E-state index in [0.717, 1.165) is 5.69 Å². The fourth-order valence-electron chi connectivity index (χ4n) is 1.16. The Morgan fingerprint density at radius 3 is 2.82 bits per heavy atom. The molecule has 0 unspecified atom stereocenters. The van der Waals surface area contributed by atoms with Gasteiger partial charge in [-0.3, -0.25) is 4.79 Å². The molecule has 6 nitrogen and oxygen atoms in total. The van der Waals surface area contributed by atoms with Crippen LogP contribution in [-0.2, 0) is 0 Å². The number of hydrogen-bond donors (Lipinski definition) is 1. The molecule has 2 aromatic heterocycles. The quantitative estimate of drug-likeness (QED) is 0.514. The summed E-state index contributed by atoms with van der Waals surface area (Å²) in [6.45, 7) is 1.42. The van der Waals surface area contributed by atoms with Crippen LogP contribution < -0.4 is 3.53 Å². The molecule has 0 atom stereocenters. The van der Waals surface area contributed by atoms with E-state index in [0.29, 0.717) is 10.8 Å². The molecule has 8 heteroatoms. The van der Waals surface area contributed by atoms with Gasteiger partial charge in [-0.1, -0.05) is 11.6 Å². The van der Waals surface area contributed by atoms with E-state index in [1.54, 1.807) is 12.3 Å². The van der Waals surface area contributed by atoms with Gasteiger partial charge in [-0.15, -0.1) is 9.90 Å². The highest BCUT2D eigenvalue weighted by molar-refractivity contribution is 14.1. The highest BCUT2D eigenvalue weighted by atomic mass is 127. The highest BCUT2D eigenvalue weighted by Crippen LogP contribution is 2.21. The van der Waals surface area contributed by atoms with Gasteiger partial charge in [0, 0.05) is 6.92 Å². The van der Waals surface area contributed by atoms with Crippen LogP contribution in [0.25, 0.3) is 5.82 Å². The summed E-state index contributed by atoms with van der Waals surface area (Å²) in [5.41, 5.74) is 1.05. The Morgan fingerprint density at radius 1 is 1.53 bits per heavy atom. The number of hydrogen-bond acceptors (Lipinski definition) is 5. The lowest BCUT2D eigenvalue weighted by Gasteiger charge is -2.03. The first-order chi connectivity index (χ1) is 8.11. The lowest BCUT2D eigenvalue weighted by Crippen LogP contribution is -2.04. The van der Waals surface area contributed by atoms with Gasteiger partial charge < -0.3 is 3.53 Å². The zero-order valence-corrected chi connectivity index (χ0v) is 11.6. The molecule has 0 saturated heterocycles. The van der Waals surface area contributed by atoms with Gasteiger partial charge in [-0.25, -0.2) is 4.98 Å². The molecule has 2 heterocycles. The molecule has 2 aromatic rings. The van der Waals surface area contributed by atoms with Gasteiger partial charge in [-0.05, 0) is 6.07 Å². The third-order valence-corrected chi connectivity index (χ3v) is 2.87. The van der Waals surface area contributed by atoms with Crippen molar-refractivity contribution in [1.29, 1.82) is 0 Å². The number of halogens is 2. The number of ketones is 1. The molecule has 1 N–H and O–H groups in total. The van der Waals surface area contributed by atoms with Crippen molar-refractivity contribution in [2.45, 2.75) is 6.92 Å². The average Bonchev–Trinajstić information content (AvgIpc) is 2.78. The van der Waals surface area contributed by atoms with Crippen molar-refractivity contribution >= 4 is 45.9 Å². The second kappa shape index (κ2) is 4.96. The molecular formula is C9H7ClIN5O. The molecule has 0 aromatic carbocycles. The third-order valence-electron chi connectivity index (χ3n) is 1.97. The first-order valence-corrected chi connectivity index (χ1v) is 6.03. The standard InChI is InChI=1S/C9H7ClIN5O/c1-5(17)8-4-13-16(15-8)9-7(10)2-6(14-11)3-12-9/h2-4,14H,1H3. The molecule has 0 amide bonds. The number of nitrogens with zero attached hydrogens (tertiary/aromatic N) is 4. The minimum absolute atomic E-state index is 0.155. The molecule has 0 spiro atoms. The topological polar surface area (TPSA) is 72.7 Å². The molecule has 2 rings (SSSR count). The monoisotopic (exact) mass is 363 g/mol. The number of aromatic nitrogens is 4. The van der Waals surface area contributed by atoms with Crippen LogP contribution in [0.2, 0.25) is 5.02 Å². The Hall–Kier alpha value is -1.22. The smallest absolute Gasteiger partial charge is 0.193 e. The summed E-state index contributed by atoms with van der Waals surface area (Å²) in [6, 6.07) is 1.70. The van der Waals surface area contributed by atoms with E-state index < -0.39 is 0 Å². The van der Waals surface area contributed by atoms with E-state index >= 15 is 0 Å². The second-order valence-corrected chi connectivity index (χ2v) is 4.15. The maximum Gasteiger partial charge on any atom is 0.193 e. The van der Waals surface area contributed by atoms with Crippen LogP contribution in [0, 0.1) is 0 Å². The summed E-state index contributed by atoms with van der Waals surface area (Å²) in [6.07, 6.45) is 2.98. The number of nitrogens with one attached hydrogen (secondary N) is 1. The zero-order valence-electron chi connectivity index (χ0n) is 8.69. The van der Waals surface area contributed by atoms with Crippen LogP contribution in [0.4, 0.5) is 5.69 Å². The van der Waals surface area contributed by atoms with Gasteiger partial charge in [0.2, 0.25) is 0 Å². The normalized spacial score (nSPS) is 10.3. The van der Waals surface area contributed by atoms with E-state index in [2.05, 4.69) is 18.7 Å². The second-order valence-electron chi connectivity index (χ2n) is 3.20.